The molecule has 4 N–H and O–H groups in total. The Morgan fingerprint density at radius 2 is 2.39 bits per heavy atom. The van der Waals surface area contributed by atoms with Gasteiger partial charge >= 0.3 is 5.97 Å². The molecule has 98 valence electrons. The van der Waals surface area contributed by atoms with Crippen molar-refractivity contribution in [1.82, 2.24) is 4.98 Å². The number of hydrogen-bond acceptors (Lipinski definition) is 5. The minimum atomic E-state index is -1.05. The molecule has 2 heterocycles. The number of carboxylic acids is 1. The molecule has 6 nitrogen and oxygen atoms in total. The van der Waals surface area contributed by atoms with Crippen LogP contribution < -0.4 is 10.6 Å². The van der Waals surface area contributed by atoms with E-state index in [1.54, 1.807) is 6.92 Å². The average molecular weight is 251 g/mol. The monoisotopic (exact) mass is 251 g/mol. The lowest BCUT2D eigenvalue weighted by Gasteiger charge is -2.20. The number of aliphatic hydroxyl groups excluding tert-OH is 1. The van der Waals surface area contributed by atoms with Gasteiger partial charge in [0.05, 0.1) is 17.4 Å². The molecule has 0 saturated carbocycles. The zero-order chi connectivity index (χ0) is 13.3. The molecule has 1 aromatic heterocycles. The van der Waals surface area contributed by atoms with Crippen LogP contribution in [0.25, 0.3) is 0 Å². The third-order valence-electron chi connectivity index (χ3n) is 3.41. The van der Waals surface area contributed by atoms with Crippen molar-refractivity contribution in [2.45, 2.75) is 19.4 Å². The average Bonchev–Trinajstić information content (AvgIpc) is 2.78. The fourth-order valence-electron chi connectivity index (χ4n) is 2.27. The SMILES string of the molecule is CC(O)C1CCN(c2nccc(C(=O)O)c2N)C1. The maximum Gasteiger partial charge on any atom is 0.337 e. The third-order valence-corrected chi connectivity index (χ3v) is 3.41. The molecule has 0 radical (unpaired) electrons. The largest absolute Gasteiger partial charge is 0.478 e. The molecular weight excluding hydrogens is 234 g/mol. The molecule has 0 spiro atoms. The zero-order valence-corrected chi connectivity index (χ0v) is 10.2. The zero-order valence-electron chi connectivity index (χ0n) is 10.2. The lowest BCUT2D eigenvalue weighted by Crippen LogP contribution is -2.26. The van der Waals surface area contributed by atoms with Gasteiger partial charge < -0.3 is 20.8 Å². The summed E-state index contributed by atoms with van der Waals surface area (Å²) in [6.07, 6.45) is 1.93. The summed E-state index contributed by atoms with van der Waals surface area (Å²) in [7, 11) is 0. The minimum absolute atomic E-state index is 0.0699. The first-order valence-corrected chi connectivity index (χ1v) is 5.91. The number of nitrogens with two attached hydrogens (primary N) is 1. The summed E-state index contributed by atoms with van der Waals surface area (Å²) in [6.45, 7) is 3.15. The second-order valence-corrected chi connectivity index (χ2v) is 4.64. The Bertz CT molecular complexity index is 462. The van der Waals surface area contributed by atoms with Crippen molar-refractivity contribution in [2.75, 3.05) is 23.7 Å². The number of pyridine rings is 1. The van der Waals surface area contributed by atoms with Gasteiger partial charge in [-0.15, -0.1) is 0 Å². The number of anilines is 2. The van der Waals surface area contributed by atoms with Crippen molar-refractivity contribution in [1.29, 1.82) is 0 Å². The van der Waals surface area contributed by atoms with E-state index >= 15 is 0 Å². The minimum Gasteiger partial charge on any atom is -0.478 e. The first-order valence-electron chi connectivity index (χ1n) is 5.91. The number of hydrogen-bond donors (Lipinski definition) is 3. The number of rotatable bonds is 3. The van der Waals surface area contributed by atoms with Gasteiger partial charge in [0.1, 0.15) is 0 Å². The maximum absolute atomic E-state index is 11.0. The van der Waals surface area contributed by atoms with Crippen molar-refractivity contribution in [3.63, 3.8) is 0 Å². The second-order valence-electron chi connectivity index (χ2n) is 4.64. The second kappa shape index (κ2) is 4.81. The van der Waals surface area contributed by atoms with Crippen LogP contribution in [0.4, 0.5) is 11.5 Å². The number of carboxylic acid groups (broad SMARTS) is 1. The van der Waals surface area contributed by atoms with E-state index in [0.717, 1.165) is 13.0 Å². The van der Waals surface area contributed by atoms with E-state index in [1.165, 1.54) is 12.3 Å². The molecule has 1 fully saturated rings. The highest BCUT2D eigenvalue weighted by Gasteiger charge is 2.28. The summed E-state index contributed by atoms with van der Waals surface area (Å²) in [5.74, 6) is -0.375. The van der Waals surface area contributed by atoms with Gasteiger partial charge in [0, 0.05) is 25.2 Å². The lowest BCUT2D eigenvalue weighted by atomic mass is 10.0. The molecule has 0 aliphatic carbocycles. The van der Waals surface area contributed by atoms with Crippen LogP contribution in [0.3, 0.4) is 0 Å². The molecule has 2 unspecified atom stereocenters. The number of carbonyl (C=O) groups is 1. The quantitative estimate of drug-likeness (QED) is 0.726. The summed E-state index contributed by atoms with van der Waals surface area (Å²) in [4.78, 5) is 17.1. The topological polar surface area (TPSA) is 99.7 Å². The Labute approximate surface area is 105 Å². The molecule has 0 bridgehead atoms. The standard InChI is InChI=1S/C12H17N3O3/c1-7(16)8-3-5-15(6-8)11-10(13)9(12(17)18)2-4-14-11/h2,4,7-8,16H,3,5-6,13H2,1H3,(H,17,18). The number of nitrogens with zero attached hydrogens (tertiary/aromatic N) is 2. The predicted molar refractivity (Wildman–Crippen MR) is 67.6 cm³/mol. The van der Waals surface area contributed by atoms with Crippen LogP contribution in [0.5, 0.6) is 0 Å². The summed E-state index contributed by atoms with van der Waals surface area (Å²) in [5, 5.41) is 18.6. The smallest absolute Gasteiger partial charge is 0.337 e. The van der Waals surface area contributed by atoms with E-state index in [9.17, 15) is 9.90 Å². The molecule has 1 aliphatic heterocycles. The van der Waals surface area contributed by atoms with Gasteiger partial charge in [-0.25, -0.2) is 9.78 Å². The van der Waals surface area contributed by atoms with E-state index in [1.807, 2.05) is 4.90 Å². The first-order chi connectivity index (χ1) is 8.50. The molecule has 6 heteroatoms. The number of aliphatic hydroxyl groups is 1. The molecule has 2 atom stereocenters. The van der Waals surface area contributed by atoms with Crippen LogP contribution in [0.2, 0.25) is 0 Å². The molecule has 2 rings (SSSR count). The Morgan fingerprint density at radius 1 is 1.67 bits per heavy atom. The van der Waals surface area contributed by atoms with Crippen molar-refractivity contribution in [3.05, 3.63) is 17.8 Å². The Kier molecular flexibility index (Phi) is 3.38. The molecule has 1 aromatic rings. The number of nitrogen functional groups attached to an aromatic ring is 1. The number of aromatic carboxylic acids is 1. The van der Waals surface area contributed by atoms with E-state index in [0.29, 0.717) is 12.4 Å². The van der Waals surface area contributed by atoms with Crippen LogP contribution >= 0.6 is 0 Å². The Morgan fingerprint density at radius 3 is 2.94 bits per heavy atom. The normalized spacial score (nSPS) is 21.0. The Balaban J connectivity index is 2.25. The van der Waals surface area contributed by atoms with Gasteiger partial charge in [-0.3, -0.25) is 0 Å². The van der Waals surface area contributed by atoms with Crippen molar-refractivity contribution < 1.29 is 15.0 Å². The fraction of sp³-hybridized carbons (Fsp3) is 0.500. The molecule has 0 amide bonds. The van der Waals surface area contributed by atoms with Gasteiger partial charge in [0.15, 0.2) is 5.82 Å². The van der Waals surface area contributed by atoms with Gasteiger partial charge in [-0.2, -0.15) is 0 Å². The first kappa shape index (κ1) is 12.6. The van der Waals surface area contributed by atoms with Crippen molar-refractivity contribution in [3.8, 4) is 0 Å². The summed E-state index contributed by atoms with van der Waals surface area (Å²) in [6, 6.07) is 1.39. The number of aromatic nitrogens is 1. The molecule has 18 heavy (non-hydrogen) atoms. The van der Waals surface area contributed by atoms with Crippen molar-refractivity contribution in [2.24, 2.45) is 5.92 Å². The molecule has 1 aliphatic rings. The van der Waals surface area contributed by atoms with Gasteiger partial charge in [-0.1, -0.05) is 0 Å². The fourth-order valence-corrected chi connectivity index (χ4v) is 2.27. The predicted octanol–water partition coefficient (Wildman–Crippen LogP) is 0.569. The van der Waals surface area contributed by atoms with Gasteiger partial charge in [0.2, 0.25) is 0 Å². The van der Waals surface area contributed by atoms with Crippen LogP contribution in [0.15, 0.2) is 12.3 Å². The van der Waals surface area contributed by atoms with Crippen LogP contribution in [0.1, 0.15) is 23.7 Å². The van der Waals surface area contributed by atoms with Crippen molar-refractivity contribution >= 4 is 17.5 Å². The molecule has 1 saturated heterocycles. The highest BCUT2D eigenvalue weighted by atomic mass is 16.4. The van der Waals surface area contributed by atoms with E-state index in [4.69, 9.17) is 10.8 Å². The highest BCUT2D eigenvalue weighted by Crippen LogP contribution is 2.30. The van der Waals surface area contributed by atoms with Crippen LogP contribution in [0, 0.1) is 5.92 Å². The van der Waals surface area contributed by atoms with Gasteiger partial charge in [0.25, 0.3) is 0 Å². The van der Waals surface area contributed by atoms with E-state index in [-0.39, 0.29) is 23.3 Å². The van der Waals surface area contributed by atoms with Crippen LogP contribution in [-0.2, 0) is 0 Å². The molecular formula is C12H17N3O3. The molecule has 0 aromatic carbocycles. The van der Waals surface area contributed by atoms with Crippen LogP contribution in [-0.4, -0.2) is 40.4 Å². The third kappa shape index (κ3) is 2.24. The van der Waals surface area contributed by atoms with E-state index in [2.05, 4.69) is 4.98 Å². The summed E-state index contributed by atoms with van der Waals surface area (Å²) < 4.78 is 0. The highest BCUT2D eigenvalue weighted by molar-refractivity contribution is 5.96. The summed E-state index contributed by atoms with van der Waals surface area (Å²) in [5.41, 5.74) is 6.10. The summed E-state index contributed by atoms with van der Waals surface area (Å²) >= 11 is 0. The Hall–Kier alpha value is -1.82. The maximum atomic E-state index is 11.0. The van der Waals surface area contributed by atoms with E-state index < -0.39 is 5.97 Å². The lowest BCUT2D eigenvalue weighted by molar-refractivity contribution is 0.0698. The van der Waals surface area contributed by atoms with Gasteiger partial charge in [-0.05, 0) is 19.4 Å².